The van der Waals surface area contributed by atoms with E-state index in [0.717, 1.165) is 31.6 Å². The van der Waals surface area contributed by atoms with Crippen LogP contribution in [0.5, 0.6) is 0 Å². The second-order valence-corrected chi connectivity index (χ2v) is 6.24. The number of hydrogen-bond acceptors (Lipinski definition) is 4. The van der Waals surface area contributed by atoms with E-state index in [0.29, 0.717) is 13.1 Å². The van der Waals surface area contributed by atoms with E-state index in [2.05, 4.69) is 5.10 Å². The van der Waals surface area contributed by atoms with Crippen molar-refractivity contribution in [3.8, 4) is 0 Å². The number of carbonyl (C=O) groups excluding carboxylic acids is 2. The Hall–Kier alpha value is -1.89. The van der Waals surface area contributed by atoms with Crippen LogP contribution in [-0.2, 0) is 21.4 Å². The first-order valence-electron chi connectivity index (χ1n) is 8.29. The molecule has 2 aliphatic heterocycles. The second kappa shape index (κ2) is 6.70. The van der Waals surface area contributed by atoms with Gasteiger partial charge < -0.3 is 14.5 Å². The third-order valence-corrected chi connectivity index (χ3v) is 4.70. The van der Waals surface area contributed by atoms with Crippen molar-refractivity contribution < 1.29 is 14.3 Å². The smallest absolute Gasteiger partial charge is 0.246 e. The van der Waals surface area contributed by atoms with Crippen LogP contribution in [0.1, 0.15) is 26.2 Å². The van der Waals surface area contributed by atoms with Gasteiger partial charge >= 0.3 is 0 Å². The molecule has 2 atom stereocenters. The fraction of sp³-hybridized carbons (Fsp3) is 0.688. The summed E-state index contributed by atoms with van der Waals surface area (Å²) in [4.78, 5) is 28.6. The van der Waals surface area contributed by atoms with Crippen LogP contribution in [0, 0.1) is 5.92 Å². The van der Waals surface area contributed by atoms with Gasteiger partial charge in [-0.3, -0.25) is 14.3 Å². The Morgan fingerprint density at radius 3 is 2.91 bits per heavy atom. The van der Waals surface area contributed by atoms with Crippen molar-refractivity contribution in [3.05, 3.63) is 12.4 Å². The van der Waals surface area contributed by atoms with Crippen LogP contribution in [-0.4, -0.2) is 58.8 Å². The number of piperazine rings is 1. The normalized spacial score (nSPS) is 25.7. The molecule has 2 amide bonds. The van der Waals surface area contributed by atoms with Crippen LogP contribution >= 0.6 is 0 Å². The molecule has 2 saturated heterocycles. The first-order chi connectivity index (χ1) is 11.1. The first kappa shape index (κ1) is 16.0. The minimum absolute atomic E-state index is 0.0114. The lowest BCUT2D eigenvalue weighted by molar-refractivity contribution is -0.148. The van der Waals surface area contributed by atoms with Gasteiger partial charge in [-0.1, -0.05) is 6.92 Å². The number of aromatic nitrogens is 2. The maximum absolute atomic E-state index is 12.8. The summed E-state index contributed by atoms with van der Waals surface area (Å²) in [7, 11) is 1.82. The Morgan fingerprint density at radius 1 is 1.43 bits per heavy atom. The Morgan fingerprint density at radius 2 is 2.26 bits per heavy atom. The number of carbonyl (C=O) groups is 2. The van der Waals surface area contributed by atoms with Gasteiger partial charge in [0.2, 0.25) is 11.8 Å². The summed E-state index contributed by atoms with van der Waals surface area (Å²) in [5, 5.41) is 4.10. The zero-order chi connectivity index (χ0) is 16.4. The Labute approximate surface area is 136 Å². The second-order valence-electron chi connectivity index (χ2n) is 6.24. The van der Waals surface area contributed by atoms with Crippen molar-refractivity contribution in [2.75, 3.05) is 31.1 Å². The summed E-state index contributed by atoms with van der Waals surface area (Å²) in [5.41, 5.74) is 0.789. The fourth-order valence-corrected chi connectivity index (χ4v) is 3.44. The minimum Gasteiger partial charge on any atom is -0.377 e. The highest BCUT2D eigenvalue weighted by Gasteiger charge is 2.36. The van der Waals surface area contributed by atoms with Crippen molar-refractivity contribution in [2.45, 2.75) is 32.3 Å². The molecule has 0 bridgehead atoms. The van der Waals surface area contributed by atoms with E-state index in [1.54, 1.807) is 20.7 Å². The third-order valence-electron chi connectivity index (χ3n) is 4.70. The first-order valence-corrected chi connectivity index (χ1v) is 8.29. The van der Waals surface area contributed by atoms with E-state index < -0.39 is 0 Å². The predicted molar refractivity (Wildman–Crippen MR) is 84.9 cm³/mol. The standard InChI is InChI=1S/C16H24N4O3/c1-3-14-13(5-4-8-23-14)16(22)19-6-7-20(15(21)11-19)12-9-17-18(2)10-12/h9-10,13-14H,3-8,11H2,1-2H3/t13-,14+/m1/s1. The monoisotopic (exact) mass is 320 g/mol. The van der Waals surface area contributed by atoms with Gasteiger partial charge in [-0.25, -0.2) is 0 Å². The van der Waals surface area contributed by atoms with Crippen LogP contribution in [0.3, 0.4) is 0 Å². The van der Waals surface area contributed by atoms with E-state index >= 15 is 0 Å². The van der Waals surface area contributed by atoms with Crippen LogP contribution in [0.4, 0.5) is 5.69 Å². The maximum atomic E-state index is 12.8. The number of anilines is 1. The maximum Gasteiger partial charge on any atom is 0.246 e. The molecule has 1 aromatic heterocycles. The quantitative estimate of drug-likeness (QED) is 0.826. The van der Waals surface area contributed by atoms with Gasteiger partial charge in [-0.05, 0) is 19.3 Å². The Bertz CT molecular complexity index is 586. The van der Waals surface area contributed by atoms with Crippen LogP contribution < -0.4 is 4.90 Å². The molecule has 7 nitrogen and oxygen atoms in total. The van der Waals surface area contributed by atoms with Gasteiger partial charge in [0.05, 0.1) is 23.9 Å². The summed E-state index contributed by atoms with van der Waals surface area (Å²) in [6.07, 6.45) is 6.09. The molecule has 3 rings (SSSR count). The topological polar surface area (TPSA) is 67.7 Å². The van der Waals surface area contributed by atoms with Crippen LogP contribution in [0.15, 0.2) is 12.4 Å². The van der Waals surface area contributed by atoms with Gasteiger partial charge in [0.1, 0.15) is 6.54 Å². The molecular weight excluding hydrogens is 296 g/mol. The van der Waals surface area contributed by atoms with E-state index in [4.69, 9.17) is 4.74 Å². The molecule has 0 radical (unpaired) electrons. The summed E-state index contributed by atoms with van der Waals surface area (Å²) in [6, 6.07) is 0. The molecule has 1 aromatic rings. The summed E-state index contributed by atoms with van der Waals surface area (Å²) in [6.45, 7) is 3.99. The summed E-state index contributed by atoms with van der Waals surface area (Å²) in [5.74, 6) is -0.0930. The number of aryl methyl sites for hydroxylation is 1. The molecule has 0 aromatic carbocycles. The molecular formula is C16H24N4O3. The number of amides is 2. The van der Waals surface area contributed by atoms with E-state index in [-0.39, 0.29) is 30.4 Å². The average Bonchev–Trinajstić information content (AvgIpc) is 3.00. The van der Waals surface area contributed by atoms with Gasteiger partial charge in [-0.15, -0.1) is 0 Å². The fourth-order valence-electron chi connectivity index (χ4n) is 3.44. The third kappa shape index (κ3) is 3.24. The van der Waals surface area contributed by atoms with Crippen molar-refractivity contribution in [1.29, 1.82) is 0 Å². The number of rotatable bonds is 3. The molecule has 0 saturated carbocycles. The predicted octanol–water partition coefficient (Wildman–Crippen LogP) is 0.800. The Balaban J connectivity index is 1.65. The van der Waals surface area contributed by atoms with Crippen molar-refractivity contribution >= 4 is 17.5 Å². The molecule has 0 spiro atoms. The zero-order valence-electron chi connectivity index (χ0n) is 13.8. The average molecular weight is 320 g/mol. The van der Waals surface area contributed by atoms with Gasteiger partial charge in [0, 0.05) is 32.9 Å². The van der Waals surface area contributed by atoms with Gasteiger partial charge in [0.25, 0.3) is 0 Å². The number of nitrogens with zero attached hydrogens (tertiary/aromatic N) is 4. The molecule has 2 fully saturated rings. The zero-order valence-corrected chi connectivity index (χ0v) is 13.8. The molecule has 3 heterocycles. The van der Waals surface area contributed by atoms with Crippen molar-refractivity contribution in [2.24, 2.45) is 13.0 Å². The molecule has 0 N–H and O–H groups in total. The largest absolute Gasteiger partial charge is 0.377 e. The number of hydrogen-bond donors (Lipinski definition) is 0. The van der Waals surface area contributed by atoms with E-state index in [9.17, 15) is 9.59 Å². The van der Waals surface area contributed by atoms with Gasteiger partial charge in [-0.2, -0.15) is 5.10 Å². The molecule has 0 aliphatic carbocycles. The van der Waals surface area contributed by atoms with Gasteiger partial charge in [0.15, 0.2) is 0 Å². The molecule has 7 heteroatoms. The summed E-state index contributed by atoms with van der Waals surface area (Å²) < 4.78 is 7.39. The number of ether oxygens (including phenoxy) is 1. The van der Waals surface area contributed by atoms with Crippen LogP contribution in [0.25, 0.3) is 0 Å². The Kier molecular flexibility index (Phi) is 4.66. The van der Waals surface area contributed by atoms with Crippen molar-refractivity contribution in [1.82, 2.24) is 14.7 Å². The van der Waals surface area contributed by atoms with E-state index in [1.807, 2.05) is 20.2 Å². The molecule has 23 heavy (non-hydrogen) atoms. The molecule has 126 valence electrons. The highest BCUT2D eigenvalue weighted by Crippen LogP contribution is 2.26. The van der Waals surface area contributed by atoms with E-state index in [1.165, 1.54) is 0 Å². The summed E-state index contributed by atoms with van der Waals surface area (Å²) >= 11 is 0. The highest BCUT2D eigenvalue weighted by atomic mass is 16.5. The van der Waals surface area contributed by atoms with Crippen molar-refractivity contribution in [3.63, 3.8) is 0 Å². The lowest BCUT2D eigenvalue weighted by atomic mass is 9.91. The van der Waals surface area contributed by atoms with Crippen LogP contribution in [0.2, 0.25) is 0 Å². The highest BCUT2D eigenvalue weighted by molar-refractivity contribution is 5.98. The molecule has 0 unspecified atom stereocenters. The SMILES string of the molecule is CC[C@@H]1OCCC[C@H]1C(=O)N1CCN(c2cnn(C)c2)C(=O)C1. The lowest BCUT2D eigenvalue weighted by Gasteiger charge is -2.38. The lowest BCUT2D eigenvalue weighted by Crippen LogP contribution is -2.55. The molecule has 2 aliphatic rings. The minimum atomic E-state index is -0.105.